The second-order valence-corrected chi connectivity index (χ2v) is 16.8. The second kappa shape index (κ2) is 13.2. The quantitative estimate of drug-likeness (QED) is 0.164. The predicted octanol–water partition coefficient (Wildman–Crippen LogP) is 16.0. The molecule has 1 nitrogen and oxygen atoms in total. The Morgan fingerprint density at radius 1 is 0.368 bits per heavy atom. The van der Waals surface area contributed by atoms with Crippen LogP contribution in [-0.4, -0.2) is 0 Å². The van der Waals surface area contributed by atoms with Gasteiger partial charge in [0.1, 0.15) is 0 Å². The molecule has 0 bridgehead atoms. The summed E-state index contributed by atoms with van der Waals surface area (Å²) in [6, 6.07) is 73.8. The van der Waals surface area contributed by atoms with Crippen molar-refractivity contribution in [2.75, 3.05) is 4.90 Å². The van der Waals surface area contributed by atoms with E-state index in [0.717, 1.165) is 17.1 Å². The van der Waals surface area contributed by atoms with Crippen LogP contribution in [0.5, 0.6) is 0 Å². The van der Waals surface area contributed by atoms with Gasteiger partial charge in [0.25, 0.3) is 0 Å². The molecule has 0 N–H and O–H groups in total. The van der Waals surface area contributed by atoms with E-state index in [1.54, 1.807) is 0 Å². The van der Waals surface area contributed by atoms with Gasteiger partial charge in [0.15, 0.2) is 0 Å². The Kier molecular flexibility index (Phi) is 7.77. The van der Waals surface area contributed by atoms with E-state index in [1.165, 1.54) is 86.6 Å². The first kappa shape index (κ1) is 33.6. The van der Waals surface area contributed by atoms with Gasteiger partial charge in [-0.15, -0.1) is 11.3 Å². The smallest absolute Gasteiger partial charge is 0.0467 e. The van der Waals surface area contributed by atoms with Crippen LogP contribution in [0.25, 0.3) is 75.5 Å². The molecule has 0 unspecified atom stereocenters. The summed E-state index contributed by atoms with van der Waals surface area (Å²) in [5.41, 5.74) is 16.2. The van der Waals surface area contributed by atoms with Crippen LogP contribution in [0.4, 0.5) is 17.1 Å². The van der Waals surface area contributed by atoms with Crippen molar-refractivity contribution in [3.63, 3.8) is 0 Å². The van der Waals surface area contributed by atoms with E-state index in [9.17, 15) is 0 Å². The Morgan fingerprint density at radius 2 is 0.965 bits per heavy atom. The SMILES string of the molecule is CC1(C)c2ccccc2-c2ccc(-c3ccc(N(c4ccc(-c5cccc6sc7ccccc7c56)cc4)c4cccc(-c5cccc6ccccc56)c4)cc3)cc21. The van der Waals surface area contributed by atoms with Gasteiger partial charge in [-0.3, -0.25) is 0 Å². The zero-order valence-corrected chi connectivity index (χ0v) is 32.7. The average molecular weight is 746 g/mol. The highest BCUT2D eigenvalue weighted by molar-refractivity contribution is 7.25. The van der Waals surface area contributed by atoms with E-state index >= 15 is 0 Å². The largest absolute Gasteiger partial charge is 0.310 e. The highest BCUT2D eigenvalue weighted by Crippen LogP contribution is 2.50. The lowest BCUT2D eigenvalue weighted by Gasteiger charge is -2.27. The molecule has 0 spiro atoms. The zero-order valence-electron chi connectivity index (χ0n) is 31.9. The van der Waals surface area contributed by atoms with Crippen molar-refractivity contribution in [2.24, 2.45) is 0 Å². The molecule has 1 aromatic heterocycles. The number of fused-ring (bicyclic) bond motifs is 7. The molecular weight excluding hydrogens is 707 g/mol. The number of nitrogens with zero attached hydrogens (tertiary/aromatic N) is 1. The minimum atomic E-state index is -0.0397. The van der Waals surface area contributed by atoms with Crippen LogP contribution >= 0.6 is 11.3 Å². The molecule has 57 heavy (non-hydrogen) atoms. The third kappa shape index (κ3) is 5.51. The number of thiophene rings is 1. The Labute approximate surface area is 337 Å². The highest BCUT2D eigenvalue weighted by Gasteiger charge is 2.35. The molecule has 0 fully saturated rings. The van der Waals surface area contributed by atoms with Crippen LogP contribution in [0.3, 0.4) is 0 Å². The molecule has 270 valence electrons. The number of anilines is 3. The molecule has 0 saturated carbocycles. The Hall–Kier alpha value is -6.74. The van der Waals surface area contributed by atoms with Gasteiger partial charge in [0.2, 0.25) is 0 Å². The third-order valence-electron chi connectivity index (χ3n) is 12.1. The van der Waals surface area contributed by atoms with Gasteiger partial charge in [-0.25, -0.2) is 0 Å². The summed E-state index contributed by atoms with van der Waals surface area (Å²) in [6.45, 7) is 4.70. The number of rotatable bonds is 6. The number of hydrogen-bond acceptors (Lipinski definition) is 2. The van der Waals surface area contributed by atoms with Crippen molar-refractivity contribution in [1.82, 2.24) is 0 Å². The summed E-state index contributed by atoms with van der Waals surface area (Å²) >= 11 is 1.87. The van der Waals surface area contributed by atoms with Gasteiger partial charge in [-0.1, -0.05) is 159 Å². The molecule has 2 heteroatoms. The van der Waals surface area contributed by atoms with Gasteiger partial charge in [-0.05, 0) is 121 Å². The minimum absolute atomic E-state index is 0.0397. The van der Waals surface area contributed by atoms with E-state index in [-0.39, 0.29) is 5.41 Å². The summed E-state index contributed by atoms with van der Waals surface area (Å²) in [6.07, 6.45) is 0. The van der Waals surface area contributed by atoms with Crippen molar-refractivity contribution < 1.29 is 0 Å². The van der Waals surface area contributed by atoms with Gasteiger partial charge in [-0.2, -0.15) is 0 Å². The highest BCUT2D eigenvalue weighted by atomic mass is 32.1. The summed E-state index contributed by atoms with van der Waals surface area (Å²) in [4.78, 5) is 2.39. The van der Waals surface area contributed by atoms with Gasteiger partial charge >= 0.3 is 0 Å². The van der Waals surface area contributed by atoms with Crippen LogP contribution in [-0.2, 0) is 5.41 Å². The van der Waals surface area contributed by atoms with Crippen LogP contribution in [0, 0.1) is 0 Å². The van der Waals surface area contributed by atoms with E-state index in [4.69, 9.17) is 0 Å². The summed E-state index contributed by atoms with van der Waals surface area (Å²) < 4.78 is 2.65. The van der Waals surface area contributed by atoms with Crippen LogP contribution in [0.2, 0.25) is 0 Å². The molecule has 9 aromatic carbocycles. The first-order valence-electron chi connectivity index (χ1n) is 19.8. The Morgan fingerprint density at radius 3 is 1.81 bits per heavy atom. The Bertz CT molecular complexity index is 3140. The molecule has 1 aliphatic rings. The van der Waals surface area contributed by atoms with Crippen LogP contribution in [0.15, 0.2) is 200 Å². The van der Waals surface area contributed by atoms with Crippen LogP contribution in [0.1, 0.15) is 25.0 Å². The second-order valence-electron chi connectivity index (χ2n) is 15.7. The van der Waals surface area contributed by atoms with Gasteiger partial charge in [0, 0.05) is 42.6 Å². The van der Waals surface area contributed by atoms with E-state index in [2.05, 4.69) is 219 Å². The lowest BCUT2D eigenvalue weighted by molar-refractivity contribution is 0.660. The van der Waals surface area contributed by atoms with Crippen molar-refractivity contribution in [2.45, 2.75) is 19.3 Å². The van der Waals surface area contributed by atoms with E-state index < -0.39 is 0 Å². The summed E-state index contributed by atoms with van der Waals surface area (Å²) in [5.74, 6) is 0. The van der Waals surface area contributed by atoms with Gasteiger partial charge < -0.3 is 4.90 Å². The molecule has 1 heterocycles. The maximum atomic E-state index is 2.41. The molecule has 10 aromatic rings. The van der Waals surface area contributed by atoms with Crippen molar-refractivity contribution in [1.29, 1.82) is 0 Å². The minimum Gasteiger partial charge on any atom is -0.310 e. The van der Waals surface area contributed by atoms with Crippen molar-refractivity contribution in [3.8, 4) is 44.5 Å². The molecule has 0 amide bonds. The third-order valence-corrected chi connectivity index (χ3v) is 13.2. The predicted molar refractivity (Wildman–Crippen MR) is 245 cm³/mol. The van der Waals surface area contributed by atoms with E-state index in [0.29, 0.717) is 0 Å². The lowest BCUT2D eigenvalue weighted by Crippen LogP contribution is -2.14. The fourth-order valence-corrected chi connectivity index (χ4v) is 10.4. The standard InChI is InChI=1S/C55H39NS/c1-55(2)50-21-7-5-17-47(50)48-33-28-39(35-51(48)55)36-24-29-41(30-25-36)56(43-15-9-14-40(34-43)45-19-10-13-37-12-3-4-16-44(37)45)42-31-26-38(27-32-42)46-20-11-23-53-54(46)49-18-6-8-22-52(49)57-53/h3-35H,1-2H3. The molecule has 0 atom stereocenters. The maximum absolute atomic E-state index is 2.41. The molecule has 11 rings (SSSR count). The van der Waals surface area contributed by atoms with Crippen molar-refractivity contribution in [3.05, 3.63) is 211 Å². The molecular formula is C55H39NS. The fourth-order valence-electron chi connectivity index (χ4n) is 9.23. The molecule has 0 aliphatic heterocycles. The lowest BCUT2D eigenvalue weighted by atomic mass is 9.81. The number of hydrogen-bond donors (Lipinski definition) is 0. The summed E-state index contributed by atoms with van der Waals surface area (Å²) in [7, 11) is 0. The average Bonchev–Trinajstić information content (AvgIpc) is 3.76. The summed E-state index contributed by atoms with van der Waals surface area (Å²) in [5, 5.41) is 5.16. The Balaban J connectivity index is 1.01. The molecule has 1 aliphatic carbocycles. The molecule has 0 saturated heterocycles. The fraction of sp³-hybridized carbons (Fsp3) is 0.0545. The number of benzene rings is 9. The normalized spacial score (nSPS) is 12.9. The molecule has 0 radical (unpaired) electrons. The first-order chi connectivity index (χ1) is 28.0. The zero-order chi connectivity index (χ0) is 38.1. The topological polar surface area (TPSA) is 3.24 Å². The first-order valence-corrected chi connectivity index (χ1v) is 20.6. The maximum Gasteiger partial charge on any atom is 0.0467 e. The van der Waals surface area contributed by atoms with Crippen molar-refractivity contribution >= 4 is 59.3 Å². The van der Waals surface area contributed by atoms with E-state index in [1.807, 2.05) is 11.3 Å². The van der Waals surface area contributed by atoms with Gasteiger partial charge in [0.05, 0.1) is 0 Å². The van der Waals surface area contributed by atoms with Crippen LogP contribution < -0.4 is 4.90 Å². The monoisotopic (exact) mass is 745 g/mol.